The van der Waals surface area contributed by atoms with E-state index in [0.717, 1.165) is 5.56 Å². The van der Waals surface area contributed by atoms with Gasteiger partial charge in [-0.3, -0.25) is 10.1 Å². The Hall–Kier alpha value is -1.74. The van der Waals surface area contributed by atoms with Gasteiger partial charge in [0, 0.05) is 17.8 Å². The third kappa shape index (κ3) is 2.88. The molecule has 4 N–H and O–H groups in total. The Kier molecular flexibility index (Phi) is 4.19. The molecule has 20 heavy (non-hydrogen) atoms. The quantitative estimate of drug-likeness (QED) is 0.445. The fourth-order valence-electron chi connectivity index (χ4n) is 1.97. The Balaban J connectivity index is 2.17. The van der Waals surface area contributed by atoms with E-state index in [1.54, 1.807) is 13.0 Å². The third-order valence-corrected chi connectivity index (χ3v) is 3.23. The first-order chi connectivity index (χ1) is 9.40. The zero-order valence-electron chi connectivity index (χ0n) is 10.8. The number of anilines is 1. The molecule has 0 amide bonds. The van der Waals surface area contributed by atoms with Crippen LogP contribution in [0.15, 0.2) is 18.2 Å². The van der Waals surface area contributed by atoms with Crippen LogP contribution in [0.1, 0.15) is 5.56 Å². The summed E-state index contributed by atoms with van der Waals surface area (Å²) in [4.78, 5) is 10.2. The van der Waals surface area contributed by atoms with Gasteiger partial charge in [-0.1, -0.05) is 6.07 Å². The summed E-state index contributed by atoms with van der Waals surface area (Å²) >= 11 is 0. The number of nitro benzene ring substituents is 1. The van der Waals surface area contributed by atoms with E-state index in [1.807, 2.05) is 0 Å². The highest BCUT2D eigenvalue weighted by molar-refractivity contribution is 5.57. The van der Waals surface area contributed by atoms with Crippen molar-refractivity contribution >= 4 is 11.4 Å². The van der Waals surface area contributed by atoms with E-state index in [1.165, 1.54) is 12.1 Å². The number of hydrogen-bond donors (Lipinski definition) is 4. The van der Waals surface area contributed by atoms with Gasteiger partial charge in [-0.15, -0.1) is 0 Å². The van der Waals surface area contributed by atoms with Crippen LogP contribution in [0.5, 0.6) is 0 Å². The van der Waals surface area contributed by atoms with Gasteiger partial charge < -0.3 is 25.4 Å². The van der Waals surface area contributed by atoms with Crippen molar-refractivity contribution in [2.75, 3.05) is 11.9 Å². The van der Waals surface area contributed by atoms with Crippen molar-refractivity contribution in [3.05, 3.63) is 33.9 Å². The van der Waals surface area contributed by atoms with Crippen LogP contribution >= 0.6 is 0 Å². The average molecular weight is 284 g/mol. The average Bonchev–Trinajstić information content (AvgIpc) is 2.41. The summed E-state index contributed by atoms with van der Waals surface area (Å²) in [5.74, 6) is 0. The molecule has 0 aliphatic carbocycles. The maximum absolute atomic E-state index is 10.7. The SMILES string of the molecule is Cc1ccc([N+](=O)[O-])cc1N[C@H]1OC[C@H](O)[C@@H](O)[C@H]1O. The van der Waals surface area contributed by atoms with Gasteiger partial charge in [0.2, 0.25) is 0 Å². The molecule has 0 saturated carbocycles. The molecule has 4 atom stereocenters. The second kappa shape index (κ2) is 5.71. The first-order valence-corrected chi connectivity index (χ1v) is 6.07. The number of nitro groups is 1. The van der Waals surface area contributed by atoms with Crippen LogP contribution in [0.4, 0.5) is 11.4 Å². The van der Waals surface area contributed by atoms with E-state index in [0.29, 0.717) is 5.69 Å². The molecule has 8 heteroatoms. The lowest BCUT2D eigenvalue weighted by atomic mass is 10.0. The molecule has 1 heterocycles. The highest BCUT2D eigenvalue weighted by atomic mass is 16.6. The van der Waals surface area contributed by atoms with Gasteiger partial charge in [0.05, 0.1) is 11.5 Å². The van der Waals surface area contributed by atoms with Crippen LogP contribution in [0.2, 0.25) is 0 Å². The summed E-state index contributed by atoms with van der Waals surface area (Å²) in [6, 6.07) is 4.26. The predicted molar refractivity (Wildman–Crippen MR) is 69.2 cm³/mol. The van der Waals surface area contributed by atoms with Gasteiger partial charge in [0.1, 0.15) is 18.3 Å². The van der Waals surface area contributed by atoms with E-state index in [-0.39, 0.29) is 12.3 Å². The molecule has 0 aromatic heterocycles. The summed E-state index contributed by atoms with van der Waals surface area (Å²) in [6.07, 6.45) is -4.78. The molecule has 1 saturated heterocycles. The standard InChI is InChI=1S/C12H16N2O6/c1-6-2-3-7(14(18)19)4-8(6)13-12-11(17)10(16)9(15)5-20-12/h2-4,9-13,15-17H,5H2,1H3/t9-,10+,11+,12-/m0/s1. The normalized spacial score (nSPS) is 30.0. The number of rotatable bonds is 3. The van der Waals surface area contributed by atoms with Crippen LogP contribution < -0.4 is 5.32 Å². The maximum Gasteiger partial charge on any atom is 0.271 e. The molecule has 1 aliphatic heterocycles. The molecule has 0 spiro atoms. The van der Waals surface area contributed by atoms with Crippen LogP contribution in [0, 0.1) is 17.0 Å². The third-order valence-electron chi connectivity index (χ3n) is 3.23. The molecule has 0 unspecified atom stereocenters. The van der Waals surface area contributed by atoms with Gasteiger partial charge in [-0.05, 0) is 12.5 Å². The fraction of sp³-hybridized carbons (Fsp3) is 0.500. The minimum absolute atomic E-state index is 0.0935. The van der Waals surface area contributed by atoms with Crippen molar-refractivity contribution in [1.29, 1.82) is 0 Å². The van der Waals surface area contributed by atoms with E-state index in [9.17, 15) is 25.4 Å². The molecule has 0 bridgehead atoms. The van der Waals surface area contributed by atoms with Crippen molar-refractivity contribution in [3.63, 3.8) is 0 Å². The van der Waals surface area contributed by atoms with Crippen molar-refractivity contribution in [2.45, 2.75) is 31.5 Å². The van der Waals surface area contributed by atoms with Gasteiger partial charge in [-0.25, -0.2) is 0 Å². The Bertz CT molecular complexity index is 509. The lowest BCUT2D eigenvalue weighted by molar-refractivity contribution is -0.384. The lowest BCUT2D eigenvalue weighted by Gasteiger charge is -2.36. The molecule has 1 fully saturated rings. The number of benzene rings is 1. The Morgan fingerprint density at radius 3 is 2.70 bits per heavy atom. The number of aliphatic hydroxyl groups is 3. The second-order valence-corrected chi connectivity index (χ2v) is 4.70. The van der Waals surface area contributed by atoms with Crippen molar-refractivity contribution < 1.29 is 25.0 Å². The van der Waals surface area contributed by atoms with Gasteiger partial charge in [-0.2, -0.15) is 0 Å². The molecular formula is C12H16N2O6. The highest BCUT2D eigenvalue weighted by Crippen LogP contribution is 2.25. The zero-order chi connectivity index (χ0) is 14.9. The Labute approximate surface area is 114 Å². The molecule has 8 nitrogen and oxygen atoms in total. The smallest absolute Gasteiger partial charge is 0.271 e. The molecule has 2 rings (SSSR count). The number of non-ortho nitro benzene ring substituents is 1. The van der Waals surface area contributed by atoms with E-state index in [2.05, 4.69) is 5.32 Å². The van der Waals surface area contributed by atoms with Crippen molar-refractivity contribution in [3.8, 4) is 0 Å². The molecule has 1 aromatic rings. The molecule has 1 aliphatic rings. The van der Waals surface area contributed by atoms with Crippen LogP contribution in [-0.4, -0.2) is 51.4 Å². The number of nitrogens with one attached hydrogen (secondary N) is 1. The van der Waals surface area contributed by atoms with Gasteiger partial charge in [0.15, 0.2) is 6.23 Å². The number of aliphatic hydroxyl groups excluding tert-OH is 3. The minimum Gasteiger partial charge on any atom is -0.388 e. The van der Waals surface area contributed by atoms with Crippen molar-refractivity contribution in [2.24, 2.45) is 0 Å². The zero-order valence-corrected chi connectivity index (χ0v) is 10.8. The number of nitrogens with zero attached hydrogens (tertiary/aromatic N) is 1. The summed E-state index contributed by atoms with van der Waals surface area (Å²) in [6.45, 7) is 1.61. The minimum atomic E-state index is -1.34. The van der Waals surface area contributed by atoms with E-state index < -0.39 is 29.5 Å². The first kappa shape index (κ1) is 14.7. The molecule has 1 aromatic carbocycles. The number of aryl methyl sites for hydroxylation is 1. The molecular weight excluding hydrogens is 268 g/mol. The van der Waals surface area contributed by atoms with E-state index >= 15 is 0 Å². The fourth-order valence-corrected chi connectivity index (χ4v) is 1.97. The molecule has 0 radical (unpaired) electrons. The topological polar surface area (TPSA) is 125 Å². The number of ether oxygens (including phenoxy) is 1. The van der Waals surface area contributed by atoms with Crippen LogP contribution in [-0.2, 0) is 4.74 Å². The maximum atomic E-state index is 10.7. The molecule has 110 valence electrons. The monoisotopic (exact) mass is 284 g/mol. The lowest BCUT2D eigenvalue weighted by Crippen LogP contribution is -2.55. The summed E-state index contributed by atoms with van der Waals surface area (Å²) in [5.41, 5.74) is 1.06. The highest BCUT2D eigenvalue weighted by Gasteiger charge is 2.37. The van der Waals surface area contributed by atoms with Gasteiger partial charge in [0.25, 0.3) is 5.69 Å². The first-order valence-electron chi connectivity index (χ1n) is 6.07. The van der Waals surface area contributed by atoms with Crippen LogP contribution in [0.3, 0.4) is 0 Å². The van der Waals surface area contributed by atoms with Crippen molar-refractivity contribution in [1.82, 2.24) is 0 Å². The summed E-state index contributed by atoms with van der Waals surface area (Å²) in [7, 11) is 0. The second-order valence-electron chi connectivity index (χ2n) is 4.70. The Morgan fingerprint density at radius 2 is 2.05 bits per heavy atom. The van der Waals surface area contributed by atoms with Gasteiger partial charge >= 0.3 is 0 Å². The van der Waals surface area contributed by atoms with E-state index in [4.69, 9.17) is 4.74 Å². The predicted octanol–water partition coefficient (Wildman–Crippen LogP) is -0.246. The van der Waals surface area contributed by atoms with Crippen LogP contribution in [0.25, 0.3) is 0 Å². The largest absolute Gasteiger partial charge is 0.388 e. The number of hydrogen-bond acceptors (Lipinski definition) is 7. The Morgan fingerprint density at radius 1 is 1.35 bits per heavy atom. The summed E-state index contributed by atoms with van der Waals surface area (Å²) in [5, 5.41) is 42.3. The summed E-state index contributed by atoms with van der Waals surface area (Å²) < 4.78 is 5.19.